The van der Waals surface area contributed by atoms with Gasteiger partial charge in [-0.2, -0.15) is 5.10 Å². The summed E-state index contributed by atoms with van der Waals surface area (Å²) in [6.07, 6.45) is 6.97. The van der Waals surface area contributed by atoms with E-state index in [1.54, 1.807) is 20.2 Å². The van der Waals surface area contributed by atoms with E-state index < -0.39 is 0 Å². The lowest BCUT2D eigenvalue weighted by Crippen LogP contribution is -2.17. The number of nitrogens with one attached hydrogen (secondary N) is 1. The molecule has 1 amide bonds. The maximum Gasteiger partial charge on any atom is 0.239 e. The first-order valence-electron chi connectivity index (χ1n) is 5.11. The summed E-state index contributed by atoms with van der Waals surface area (Å²) >= 11 is 3.41. The molecule has 0 aromatic rings. The largest absolute Gasteiger partial charge is 0.496 e. The van der Waals surface area contributed by atoms with Crippen LogP contribution in [0.25, 0.3) is 0 Å². The van der Waals surface area contributed by atoms with Gasteiger partial charge in [0.15, 0.2) is 0 Å². The van der Waals surface area contributed by atoms with E-state index in [9.17, 15) is 4.79 Å². The molecular formula is C11H15BrN2O2. The molecule has 1 atom stereocenters. The number of halogens is 1. The predicted molar refractivity (Wildman–Crippen MR) is 67.1 cm³/mol. The molecule has 0 heterocycles. The Kier molecular flexibility index (Phi) is 5.25. The van der Waals surface area contributed by atoms with Gasteiger partial charge in [-0.25, -0.2) is 5.43 Å². The van der Waals surface area contributed by atoms with Crippen molar-refractivity contribution in [2.24, 2.45) is 11.0 Å². The fraction of sp³-hybridized carbons (Fsp3) is 0.455. The molecule has 0 saturated heterocycles. The number of hydrogen-bond acceptors (Lipinski definition) is 3. The summed E-state index contributed by atoms with van der Waals surface area (Å²) in [5.74, 6) is 0.941. The molecule has 0 radical (unpaired) electrons. The van der Waals surface area contributed by atoms with Gasteiger partial charge in [0.1, 0.15) is 5.76 Å². The van der Waals surface area contributed by atoms with E-state index in [2.05, 4.69) is 26.5 Å². The van der Waals surface area contributed by atoms with Crippen LogP contribution in [0.3, 0.4) is 0 Å². The Balaban J connectivity index is 2.48. The van der Waals surface area contributed by atoms with Crippen LogP contribution in [0.2, 0.25) is 0 Å². The van der Waals surface area contributed by atoms with E-state index in [1.165, 1.54) is 0 Å². The lowest BCUT2D eigenvalue weighted by atomic mass is 10.0. The Bertz CT molecular complexity index is 348. The van der Waals surface area contributed by atoms with Gasteiger partial charge in [0.2, 0.25) is 5.91 Å². The molecule has 0 fully saturated rings. The van der Waals surface area contributed by atoms with Gasteiger partial charge in [-0.15, -0.1) is 0 Å². The molecule has 4 nitrogen and oxygen atoms in total. The molecule has 88 valence electrons. The maximum atomic E-state index is 10.9. The number of rotatable bonds is 4. The van der Waals surface area contributed by atoms with Gasteiger partial charge >= 0.3 is 0 Å². The average molecular weight is 287 g/mol. The number of hydrogen-bond donors (Lipinski definition) is 1. The van der Waals surface area contributed by atoms with Gasteiger partial charge in [-0.3, -0.25) is 4.79 Å². The molecule has 0 saturated carbocycles. The third kappa shape index (κ3) is 3.81. The second-order valence-corrected chi connectivity index (χ2v) is 4.21. The van der Waals surface area contributed by atoms with Crippen molar-refractivity contribution in [2.45, 2.75) is 19.8 Å². The third-order valence-electron chi connectivity index (χ3n) is 2.17. The van der Waals surface area contributed by atoms with Crippen molar-refractivity contribution >= 4 is 28.1 Å². The number of nitrogens with zero attached hydrogens (tertiary/aromatic N) is 1. The highest BCUT2D eigenvalue weighted by Crippen LogP contribution is 2.26. The zero-order valence-electron chi connectivity index (χ0n) is 9.37. The average Bonchev–Trinajstić information content (AvgIpc) is 2.29. The Labute approximate surface area is 104 Å². The second-order valence-electron chi connectivity index (χ2n) is 3.35. The summed E-state index contributed by atoms with van der Waals surface area (Å²) in [4.78, 5) is 10.9. The predicted octanol–water partition coefficient (Wildman–Crippen LogP) is 2.33. The van der Waals surface area contributed by atoms with Gasteiger partial charge < -0.3 is 4.74 Å². The van der Waals surface area contributed by atoms with Crippen LogP contribution in [0.15, 0.2) is 27.5 Å². The first-order valence-corrected chi connectivity index (χ1v) is 5.90. The maximum absolute atomic E-state index is 10.9. The van der Waals surface area contributed by atoms with Gasteiger partial charge in [0.05, 0.1) is 11.6 Å². The summed E-state index contributed by atoms with van der Waals surface area (Å²) in [6, 6.07) is 0. The summed E-state index contributed by atoms with van der Waals surface area (Å²) in [7, 11) is 1.64. The molecule has 1 aliphatic rings. The van der Waals surface area contributed by atoms with E-state index in [0.717, 1.165) is 16.7 Å². The van der Waals surface area contributed by atoms with E-state index in [1.807, 2.05) is 12.2 Å². The van der Waals surface area contributed by atoms with Crippen molar-refractivity contribution in [1.82, 2.24) is 5.43 Å². The molecular weight excluding hydrogens is 272 g/mol. The minimum absolute atomic E-state index is 0.0803. The number of amides is 1. The zero-order chi connectivity index (χ0) is 12.0. The highest BCUT2D eigenvalue weighted by Gasteiger charge is 2.12. The van der Waals surface area contributed by atoms with E-state index in [-0.39, 0.29) is 11.8 Å². The molecule has 0 aromatic heterocycles. The number of hydrazone groups is 1. The van der Waals surface area contributed by atoms with Gasteiger partial charge in [0, 0.05) is 18.6 Å². The molecule has 1 rings (SSSR count). The van der Waals surface area contributed by atoms with Crippen LogP contribution in [0, 0.1) is 5.92 Å². The number of carbonyl (C=O) groups excluding carboxylic acids is 1. The molecule has 0 aliphatic heterocycles. The normalized spacial score (nSPS) is 20.3. The van der Waals surface area contributed by atoms with Crippen molar-refractivity contribution in [1.29, 1.82) is 0 Å². The fourth-order valence-electron chi connectivity index (χ4n) is 1.25. The van der Waals surface area contributed by atoms with Gasteiger partial charge in [-0.05, 0) is 28.4 Å². The smallest absolute Gasteiger partial charge is 0.239 e. The number of ether oxygens (including phenoxy) is 1. The summed E-state index contributed by atoms with van der Waals surface area (Å²) in [5.41, 5.74) is 2.45. The Morgan fingerprint density at radius 2 is 2.56 bits per heavy atom. The van der Waals surface area contributed by atoms with Crippen LogP contribution in [0.4, 0.5) is 0 Å². The van der Waals surface area contributed by atoms with E-state index >= 15 is 0 Å². The molecule has 1 aliphatic carbocycles. The summed E-state index contributed by atoms with van der Waals surface area (Å²) < 4.78 is 6.06. The standard InChI is InChI=1S/C11H15BrN2O2/c1-3-11(15)14-13-7-8-4-5-10(16-2)9(12)6-8/h5-8H,3-4H2,1-2H3,(H,14,15)/b13-7+. The number of carbonyl (C=O) groups is 1. The summed E-state index contributed by atoms with van der Waals surface area (Å²) in [5, 5.41) is 3.89. The van der Waals surface area contributed by atoms with Crippen LogP contribution >= 0.6 is 15.9 Å². The van der Waals surface area contributed by atoms with Crippen LogP contribution in [-0.2, 0) is 9.53 Å². The Hall–Kier alpha value is -1.10. The Morgan fingerprint density at radius 1 is 1.81 bits per heavy atom. The topological polar surface area (TPSA) is 50.7 Å². The zero-order valence-corrected chi connectivity index (χ0v) is 11.0. The van der Waals surface area contributed by atoms with Crippen molar-refractivity contribution in [3.05, 3.63) is 22.4 Å². The monoisotopic (exact) mass is 286 g/mol. The first kappa shape index (κ1) is 13.0. The molecule has 0 aromatic carbocycles. The third-order valence-corrected chi connectivity index (χ3v) is 2.82. The molecule has 16 heavy (non-hydrogen) atoms. The number of allylic oxidation sites excluding steroid dienone is 3. The lowest BCUT2D eigenvalue weighted by molar-refractivity contribution is -0.120. The van der Waals surface area contributed by atoms with E-state index in [0.29, 0.717) is 6.42 Å². The molecule has 0 spiro atoms. The van der Waals surface area contributed by atoms with Crippen molar-refractivity contribution < 1.29 is 9.53 Å². The molecule has 1 N–H and O–H groups in total. The Morgan fingerprint density at radius 3 is 3.12 bits per heavy atom. The van der Waals surface area contributed by atoms with Crippen molar-refractivity contribution in [3.63, 3.8) is 0 Å². The lowest BCUT2D eigenvalue weighted by Gasteiger charge is -2.14. The number of methoxy groups -OCH3 is 1. The quantitative estimate of drug-likeness (QED) is 0.637. The van der Waals surface area contributed by atoms with Crippen molar-refractivity contribution in [3.8, 4) is 0 Å². The minimum atomic E-state index is -0.0803. The highest BCUT2D eigenvalue weighted by atomic mass is 79.9. The van der Waals surface area contributed by atoms with Crippen LogP contribution < -0.4 is 5.43 Å². The van der Waals surface area contributed by atoms with Gasteiger partial charge in [-0.1, -0.05) is 13.0 Å². The van der Waals surface area contributed by atoms with Gasteiger partial charge in [0.25, 0.3) is 0 Å². The van der Waals surface area contributed by atoms with Crippen molar-refractivity contribution in [2.75, 3.05) is 7.11 Å². The van der Waals surface area contributed by atoms with Crippen LogP contribution in [0.5, 0.6) is 0 Å². The fourth-order valence-corrected chi connectivity index (χ4v) is 1.91. The minimum Gasteiger partial charge on any atom is -0.496 e. The summed E-state index contributed by atoms with van der Waals surface area (Å²) in [6.45, 7) is 1.79. The SMILES string of the molecule is CCC(=O)N/N=C/C1C=C(Br)C(OC)=CC1. The molecule has 0 bridgehead atoms. The molecule has 5 heteroatoms. The van der Waals surface area contributed by atoms with Crippen LogP contribution in [0.1, 0.15) is 19.8 Å². The molecule has 1 unspecified atom stereocenters. The first-order chi connectivity index (χ1) is 7.67. The van der Waals surface area contributed by atoms with E-state index in [4.69, 9.17) is 4.74 Å². The van der Waals surface area contributed by atoms with Crippen LogP contribution in [-0.4, -0.2) is 19.2 Å². The second kappa shape index (κ2) is 6.48. The highest BCUT2D eigenvalue weighted by molar-refractivity contribution is 9.11.